The standard InChI is InChI=1S/C29H29ClN4O3/c1-29(36,24-4-2-3-21(15-24)17-31)20-33-11-12-34(28(19-33)22-5-7-25(30)8-6-22)27-10-9-26(37-14-13-35)16-23(27)18-32/h2-10,15-16,28,35-36H,11-14,19-20H2,1H3/t28-,29+/m0/s1. The number of β-amino-alcohol motifs (C(OH)–C–C–N with tert-alkyl or cyclic N) is 1. The van der Waals surface area contributed by atoms with E-state index in [-0.39, 0.29) is 19.3 Å². The Bertz CT molecular complexity index is 1310. The number of benzene rings is 3. The predicted molar refractivity (Wildman–Crippen MR) is 142 cm³/mol. The molecule has 0 aromatic heterocycles. The molecule has 1 heterocycles. The molecular weight excluding hydrogens is 488 g/mol. The summed E-state index contributed by atoms with van der Waals surface area (Å²) in [6, 6.07) is 24.5. The fourth-order valence-corrected chi connectivity index (χ4v) is 4.93. The van der Waals surface area contributed by atoms with Crippen LogP contribution in [-0.2, 0) is 5.60 Å². The van der Waals surface area contributed by atoms with Gasteiger partial charge in [0.2, 0.25) is 0 Å². The second-order valence-electron chi connectivity index (χ2n) is 9.33. The van der Waals surface area contributed by atoms with Crippen molar-refractivity contribution in [2.45, 2.75) is 18.6 Å². The number of hydrogen-bond donors (Lipinski definition) is 2. The zero-order valence-corrected chi connectivity index (χ0v) is 21.4. The maximum atomic E-state index is 11.4. The van der Waals surface area contributed by atoms with E-state index in [9.17, 15) is 15.6 Å². The number of nitriles is 2. The van der Waals surface area contributed by atoms with Crippen molar-refractivity contribution in [3.63, 3.8) is 0 Å². The molecule has 2 atom stereocenters. The largest absolute Gasteiger partial charge is 0.491 e. The van der Waals surface area contributed by atoms with Gasteiger partial charge in [-0.1, -0.05) is 35.9 Å². The number of nitrogens with zero attached hydrogens (tertiary/aromatic N) is 4. The smallest absolute Gasteiger partial charge is 0.120 e. The molecule has 3 aromatic carbocycles. The van der Waals surface area contributed by atoms with E-state index < -0.39 is 5.60 Å². The summed E-state index contributed by atoms with van der Waals surface area (Å²) >= 11 is 6.16. The van der Waals surface area contributed by atoms with E-state index in [1.165, 1.54) is 0 Å². The lowest BCUT2D eigenvalue weighted by molar-refractivity contribution is 0.0103. The molecule has 1 aliphatic heterocycles. The normalized spacial score (nSPS) is 17.5. The monoisotopic (exact) mass is 516 g/mol. The molecule has 1 saturated heterocycles. The van der Waals surface area contributed by atoms with E-state index in [0.29, 0.717) is 53.6 Å². The van der Waals surface area contributed by atoms with Crippen molar-refractivity contribution in [2.75, 3.05) is 44.3 Å². The van der Waals surface area contributed by atoms with Crippen LogP contribution in [0.15, 0.2) is 66.7 Å². The van der Waals surface area contributed by atoms with E-state index in [0.717, 1.165) is 11.3 Å². The summed E-state index contributed by atoms with van der Waals surface area (Å²) in [5, 5.41) is 40.2. The summed E-state index contributed by atoms with van der Waals surface area (Å²) in [6.07, 6.45) is 0. The molecule has 0 saturated carbocycles. The highest BCUT2D eigenvalue weighted by Gasteiger charge is 2.34. The van der Waals surface area contributed by atoms with Gasteiger partial charge in [0.15, 0.2) is 0 Å². The molecule has 0 unspecified atom stereocenters. The Morgan fingerprint density at radius 2 is 1.84 bits per heavy atom. The quantitative estimate of drug-likeness (QED) is 0.462. The van der Waals surface area contributed by atoms with Crippen molar-refractivity contribution in [2.24, 2.45) is 0 Å². The number of piperazine rings is 1. The molecule has 1 aliphatic rings. The summed E-state index contributed by atoms with van der Waals surface area (Å²) in [7, 11) is 0. The number of anilines is 1. The third-order valence-corrected chi connectivity index (χ3v) is 6.87. The Kier molecular flexibility index (Phi) is 8.33. The average molecular weight is 517 g/mol. The van der Waals surface area contributed by atoms with E-state index in [4.69, 9.17) is 21.4 Å². The average Bonchev–Trinajstić information content (AvgIpc) is 2.92. The summed E-state index contributed by atoms with van der Waals surface area (Å²) in [5.74, 6) is 0.534. The summed E-state index contributed by atoms with van der Waals surface area (Å²) in [5.41, 5.74) is 2.39. The van der Waals surface area contributed by atoms with Gasteiger partial charge in [-0.25, -0.2) is 0 Å². The number of rotatable bonds is 8. The van der Waals surface area contributed by atoms with E-state index in [2.05, 4.69) is 21.9 Å². The molecule has 0 radical (unpaired) electrons. The van der Waals surface area contributed by atoms with Crippen LogP contribution in [0.3, 0.4) is 0 Å². The van der Waals surface area contributed by atoms with Gasteiger partial charge in [0.25, 0.3) is 0 Å². The van der Waals surface area contributed by atoms with Gasteiger partial charge in [-0.15, -0.1) is 0 Å². The zero-order valence-electron chi connectivity index (χ0n) is 20.6. The zero-order chi connectivity index (χ0) is 26.4. The third-order valence-electron chi connectivity index (χ3n) is 6.62. The van der Waals surface area contributed by atoms with Crippen molar-refractivity contribution < 1.29 is 14.9 Å². The van der Waals surface area contributed by atoms with Crippen LogP contribution in [0.2, 0.25) is 5.02 Å². The fraction of sp³-hybridized carbons (Fsp3) is 0.310. The third kappa shape index (κ3) is 6.22. The van der Waals surface area contributed by atoms with Crippen LogP contribution in [0.1, 0.15) is 35.2 Å². The Hall–Kier alpha value is -3.59. The van der Waals surface area contributed by atoms with Crippen molar-refractivity contribution in [3.05, 3.63) is 94.0 Å². The van der Waals surface area contributed by atoms with Gasteiger partial charge in [-0.3, -0.25) is 4.90 Å². The number of halogens is 1. The van der Waals surface area contributed by atoms with Gasteiger partial charge in [0, 0.05) is 31.2 Å². The Balaban J connectivity index is 1.63. The molecular formula is C29H29ClN4O3. The summed E-state index contributed by atoms with van der Waals surface area (Å²) in [6.45, 7) is 4.13. The highest BCUT2D eigenvalue weighted by Crippen LogP contribution is 2.36. The molecule has 1 fully saturated rings. The lowest BCUT2D eigenvalue weighted by Crippen LogP contribution is -2.52. The SMILES string of the molecule is C[C@@](O)(CN1CCN(c2ccc(OCCO)cc2C#N)[C@H](c2ccc(Cl)cc2)C1)c1cccc(C#N)c1. The number of aliphatic hydroxyl groups is 2. The maximum absolute atomic E-state index is 11.4. The van der Waals surface area contributed by atoms with Crippen molar-refractivity contribution >= 4 is 17.3 Å². The second-order valence-corrected chi connectivity index (χ2v) is 9.76. The summed E-state index contributed by atoms with van der Waals surface area (Å²) < 4.78 is 5.50. The van der Waals surface area contributed by atoms with Crippen molar-refractivity contribution in [1.82, 2.24) is 4.90 Å². The van der Waals surface area contributed by atoms with Crippen LogP contribution >= 0.6 is 11.6 Å². The first kappa shape index (κ1) is 26.5. The number of aliphatic hydroxyl groups excluding tert-OH is 1. The molecule has 0 aliphatic carbocycles. The minimum absolute atomic E-state index is 0.0939. The highest BCUT2D eigenvalue weighted by molar-refractivity contribution is 6.30. The van der Waals surface area contributed by atoms with Crippen LogP contribution in [0.5, 0.6) is 5.75 Å². The predicted octanol–water partition coefficient (Wildman–Crippen LogP) is 4.23. The van der Waals surface area contributed by atoms with Crippen LogP contribution in [0, 0.1) is 22.7 Å². The topological polar surface area (TPSA) is 104 Å². The van der Waals surface area contributed by atoms with Crippen LogP contribution < -0.4 is 9.64 Å². The van der Waals surface area contributed by atoms with Gasteiger partial charge in [0.1, 0.15) is 18.4 Å². The fourth-order valence-electron chi connectivity index (χ4n) is 4.80. The van der Waals surface area contributed by atoms with Crippen LogP contribution in [0.25, 0.3) is 0 Å². The minimum atomic E-state index is -1.15. The Labute approximate surface area is 222 Å². The lowest BCUT2D eigenvalue weighted by Gasteiger charge is -2.45. The molecule has 0 spiro atoms. The number of hydrogen-bond acceptors (Lipinski definition) is 7. The molecule has 2 N–H and O–H groups in total. The first-order valence-corrected chi connectivity index (χ1v) is 12.5. The van der Waals surface area contributed by atoms with Crippen molar-refractivity contribution in [3.8, 4) is 17.9 Å². The molecule has 0 amide bonds. The molecule has 37 heavy (non-hydrogen) atoms. The molecule has 190 valence electrons. The number of ether oxygens (including phenoxy) is 1. The Morgan fingerprint density at radius 3 is 2.54 bits per heavy atom. The highest BCUT2D eigenvalue weighted by atomic mass is 35.5. The van der Waals surface area contributed by atoms with Gasteiger partial charge < -0.3 is 19.8 Å². The van der Waals surface area contributed by atoms with Gasteiger partial charge >= 0.3 is 0 Å². The molecule has 0 bridgehead atoms. The van der Waals surface area contributed by atoms with Gasteiger partial charge in [-0.05, 0) is 60.5 Å². The van der Waals surface area contributed by atoms with Gasteiger partial charge in [-0.2, -0.15) is 10.5 Å². The first-order chi connectivity index (χ1) is 17.8. The van der Waals surface area contributed by atoms with Crippen LogP contribution in [-0.4, -0.2) is 54.5 Å². The molecule has 4 rings (SSSR count). The van der Waals surface area contributed by atoms with Crippen molar-refractivity contribution in [1.29, 1.82) is 10.5 Å². The van der Waals surface area contributed by atoms with Crippen LogP contribution in [0.4, 0.5) is 5.69 Å². The molecule has 8 heteroatoms. The van der Waals surface area contributed by atoms with Gasteiger partial charge in [0.05, 0.1) is 41.1 Å². The maximum Gasteiger partial charge on any atom is 0.120 e. The second kappa shape index (κ2) is 11.6. The molecule has 3 aromatic rings. The minimum Gasteiger partial charge on any atom is -0.491 e. The Morgan fingerprint density at radius 1 is 1.05 bits per heavy atom. The van der Waals surface area contributed by atoms with E-state index in [1.54, 1.807) is 31.2 Å². The summed E-state index contributed by atoms with van der Waals surface area (Å²) in [4.78, 5) is 4.42. The van der Waals surface area contributed by atoms with E-state index >= 15 is 0 Å². The first-order valence-electron chi connectivity index (χ1n) is 12.1. The molecule has 7 nitrogen and oxygen atoms in total. The van der Waals surface area contributed by atoms with E-state index in [1.807, 2.05) is 42.5 Å². The lowest BCUT2D eigenvalue weighted by atomic mass is 9.92.